The highest BCUT2D eigenvalue weighted by Crippen LogP contribution is 2.27. The van der Waals surface area contributed by atoms with Crippen LogP contribution in [0.2, 0.25) is 5.02 Å². The number of hydrogen-bond donors (Lipinski definition) is 1. The molecule has 0 fully saturated rings. The van der Waals surface area contributed by atoms with E-state index < -0.39 is 0 Å². The van der Waals surface area contributed by atoms with Crippen LogP contribution in [-0.2, 0) is 6.61 Å². The molecule has 2 aromatic rings. The first-order valence-corrected chi connectivity index (χ1v) is 5.76. The average Bonchev–Trinajstić information content (AvgIpc) is 2.32. The van der Waals surface area contributed by atoms with Gasteiger partial charge >= 0.3 is 0 Å². The molecule has 17 heavy (non-hydrogen) atoms. The summed E-state index contributed by atoms with van der Waals surface area (Å²) in [5.41, 5.74) is 8.66. The lowest BCUT2D eigenvalue weighted by atomic mass is 10.2. The Morgan fingerprint density at radius 3 is 2.53 bits per heavy atom. The van der Waals surface area contributed by atoms with E-state index in [4.69, 9.17) is 22.1 Å². The van der Waals surface area contributed by atoms with Crippen molar-refractivity contribution in [2.24, 2.45) is 0 Å². The lowest BCUT2D eigenvalue weighted by molar-refractivity contribution is 0.306. The molecule has 0 heterocycles. The molecule has 0 amide bonds. The van der Waals surface area contributed by atoms with Gasteiger partial charge in [0.1, 0.15) is 12.4 Å². The molecule has 3 heteroatoms. The fraction of sp³-hybridized carbons (Fsp3) is 0.143. The van der Waals surface area contributed by atoms with Crippen LogP contribution in [0.4, 0.5) is 5.69 Å². The van der Waals surface area contributed by atoms with E-state index in [1.807, 2.05) is 12.1 Å². The summed E-state index contributed by atoms with van der Waals surface area (Å²) < 4.78 is 5.63. The van der Waals surface area contributed by atoms with E-state index in [1.54, 1.807) is 18.2 Å². The number of rotatable bonds is 3. The van der Waals surface area contributed by atoms with Gasteiger partial charge in [-0.05, 0) is 24.6 Å². The number of anilines is 1. The monoisotopic (exact) mass is 247 g/mol. The first-order chi connectivity index (χ1) is 8.15. The third kappa shape index (κ3) is 3.14. The van der Waals surface area contributed by atoms with Gasteiger partial charge in [0.05, 0.1) is 5.02 Å². The van der Waals surface area contributed by atoms with Gasteiger partial charge in [-0.15, -0.1) is 0 Å². The van der Waals surface area contributed by atoms with E-state index >= 15 is 0 Å². The highest BCUT2D eigenvalue weighted by Gasteiger charge is 2.02. The van der Waals surface area contributed by atoms with E-state index in [-0.39, 0.29) is 0 Å². The van der Waals surface area contributed by atoms with Gasteiger partial charge in [0.15, 0.2) is 0 Å². The summed E-state index contributed by atoms with van der Waals surface area (Å²) in [6, 6.07) is 13.4. The predicted molar refractivity (Wildman–Crippen MR) is 71.4 cm³/mol. The number of nitrogens with two attached hydrogens (primary N) is 1. The fourth-order valence-corrected chi connectivity index (χ4v) is 1.65. The van der Waals surface area contributed by atoms with Crippen molar-refractivity contribution < 1.29 is 4.74 Å². The van der Waals surface area contributed by atoms with Crippen molar-refractivity contribution >= 4 is 17.3 Å². The van der Waals surface area contributed by atoms with Gasteiger partial charge in [0.2, 0.25) is 0 Å². The van der Waals surface area contributed by atoms with Crippen LogP contribution in [-0.4, -0.2) is 0 Å². The zero-order valence-electron chi connectivity index (χ0n) is 9.61. The van der Waals surface area contributed by atoms with Crippen LogP contribution in [0, 0.1) is 6.92 Å². The minimum absolute atomic E-state index is 0.490. The SMILES string of the molecule is Cc1ccc(COc2cc(N)ccc2Cl)cc1. The highest BCUT2D eigenvalue weighted by atomic mass is 35.5. The number of halogens is 1. The Bertz CT molecular complexity index is 508. The lowest BCUT2D eigenvalue weighted by Gasteiger charge is -2.09. The summed E-state index contributed by atoms with van der Waals surface area (Å²) in [6.07, 6.45) is 0. The molecular weight excluding hydrogens is 234 g/mol. The summed E-state index contributed by atoms with van der Waals surface area (Å²) in [5.74, 6) is 0.618. The van der Waals surface area contributed by atoms with Gasteiger partial charge in [0.25, 0.3) is 0 Å². The molecular formula is C14H14ClNO. The van der Waals surface area contributed by atoms with Gasteiger partial charge in [-0.2, -0.15) is 0 Å². The molecule has 88 valence electrons. The van der Waals surface area contributed by atoms with Crippen LogP contribution in [0.5, 0.6) is 5.75 Å². The number of nitrogen functional groups attached to an aromatic ring is 1. The largest absolute Gasteiger partial charge is 0.487 e. The molecule has 2 aromatic carbocycles. The molecule has 0 aliphatic carbocycles. The van der Waals surface area contributed by atoms with Gasteiger partial charge < -0.3 is 10.5 Å². The fourth-order valence-electron chi connectivity index (χ4n) is 1.48. The topological polar surface area (TPSA) is 35.2 Å². The number of aryl methyl sites for hydroxylation is 1. The van der Waals surface area contributed by atoms with Crippen molar-refractivity contribution in [3.63, 3.8) is 0 Å². The quantitative estimate of drug-likeness (QED) is 0.837. The second-order valence-electron chi connectivity index (χ2n) is 3.96. The average molecular weight is 248 g/mol. The first-order valence-electron chi connectivity index (χ1n) is 5.38. The van der Waals surface area contributed by atoms with Crippen molar-refractivity contribution in [2.75, 3.05) is 5.73 Å². The maximum absolute atomic E-state index is 6.01. The normalized spacial score (nSPS) is 10.2. The Balaban J connectivity index is 2.07. The summed E-state index contributed by atoms with van der Waals surface area (Å²) in [7, 11) is 0. The van der Waals surface area contributed by atoms with Gasteiger partial charge in [-0.3, -0.25) is 0 Å². The maximum Gasteiger partial charge on any atom is 0.140 e. The smallest absolute Gasteiger partial charge is 0.140 e. The predicted octanol–water partition coefficient (Wildman–Crippen LogP) is 3.81. The summed E-state index contributed by atoms with van der Waals surface area (Å²) in [6.45, 7) is 2.54. The number of ether oxygens (including phenoxy) is 1. The zero-order chi connectivity index (χ0) is 12.3. The van der Waals surface area contributed by atoms with E-state index in [1.165, 1.54) is 5.56 Å². The molecule has 2 N–H and O–H groups in total. The Labute approximate surface area is 106 Å². The van der Waals surface area contributed by atoms with Gasteiger partial charge in [0, 0.05) is 11.8 Å². The molecule has 2 nitrogen and oxygen atoms in total. The molecule has 0 saturated carbocycles. The Morgan fingerprint density at radius 1 is 1.12 bits per heavy atom. The van der Waals surface area contributed by atoms with Crippen LogP contribution in [0.1, 0.15) is 11.1 Å². The molecule has 0 bridgehead atoms. The highest BCUT2D eigenvalue weighted by molar-refractivity contribution is 6.32. The summed E-state index contributed by atoms with van der Waals surface area (Å²) >= 11 is 6.01. The summed E-state index contributed by atoms with van der Waals surface area (Å²) in [4.78, 5) is 0. The summed E-state index contributed by atoms with van der Waals surface area (Å²) in [5, 5.41) is 0.575. The molecule has 2 rings (SSSR count). The van der Waals surface area contributed by atoms with Crippen LogP contribution in [0.15, 0.2) is 42.5 Å². The Hall–Kier alpha value is -1.67. The van der Waals surface area contributed by atoms with E-state index in [9.17, 15) is 0 Å². The third-order valence-electron chi connectivity index (χ3n) is 2.47. The molecule has 0 radical (unpaired) electrons. The van der Waals surface area contributed by atoms with Crippen LogP contribution in [0.25, 0.3) is 0 Å². The second-order valence-corrected chi connectivity index (χ2v) is 4.37. The lowest BCUT2D eigenvalue weighted by Crippen LogP contribution is -1.97. The minimum Gasteiger partial charge on any atom is -0.487 e. The van der Waals surface area contributed by atoms with Crippen molar-refractivity contribution in [2.45, 2.75) is 13.5 Å². The Kier molecular flexibility index (Phi) is 3.55. The number of benzene rings is 2. The molecule has 0 aliphatic rings. The molecule has 0 spiro atoms. The second kappa shape index (κ2) is 5.11. The number of hydrogen-bond acceptors (Lipinski definition) is 2. The van der Waals surface area contributed by atoms with Gasteiger partial charge in [-0.1, -0.05) is 41.4 Å². The van der Waals surface area contributed by atoms with E-state index in [0.717, 1.165) is 5.56 Å². The van der Waals surface area contributed by atoms with Crippen molar-refractivity contribution in [1.82, 2.24) is 0 Å². The van der Waals surface area contributed by atoms with Crippen molar-refractivity contribution in [3.05, 3.63) is 58.6 Å². The first kappa shape index (κ1) is 11.8. The maximum atomic E-state index is 6.01. The Morgan fingerprint density at radius 2 is 1.82 bits per heavy atom. The van der Waals surface area contributed by atoms with Crippen LogP contribution in [0.3, 0.4) is 0 Å². The van der Waals surface area contributed by atoms with E-state index in [2.05, 4.69) is 19.1 Å². The van der Waals surface area contributed by atoms with Crippen molar-refractivity contribution in [3.8, 4) is 5.75 Å². The molecule has 0 aliphatic heterocycles. The molecule has 0 aromatic heterocycles. The minimum atomic E-state index is 0.490. The standard InChI is InChI=1S/C14H14ClNO/c1-10-2-4-11(5-3-10)9-17-14-8-12(16)6-7-13(14)15/h2-8H,9,16H2,1H3. The van der Waals surface area contributed by atoms with Gasteiger partial charge in [-0.25, -0.2) is 0 Å². The van der Waals surface area contributed by atoms with E-state index in [0.29, 0.717) is 23.1 Å². The van der Waals surface area contributed by atoms with Crippen molar-refractivity contribution in [1.29, 1.82) is 0 Å². The molecule has 0 atom stereocenters. The zero-order valence-corrected chi connectivity index (χ0v) is 10.4. The van der Waals surface area contributed by atoms with Crippen LogP contribution < -0.4 is 10.5 Å². The van der Waals surface area contributed by atoms with Crippen LogP contribution >= 0.6 is 11.6 Å². The molecule has 0 saturated heterocycles. The third-order valence-corrected chi connectivity index (χ3v) is 2.78. The molecule has 0 unspecified atom stereocenters.